The quantitative estimate of drug-likeness (QED) is 0.782. The minimum absolute atomic E-state index is 0.169. The minimum Gasteiger partial charge on any atom is -0.497 e. The molecule has 1 saturated heterocycles. The monoisotopic (exact) mass is 304 g/mol. The van der Waals surface area contributed by atoms with Gasteiger partial charge in [0.25, 0.3) is 5.91 Å². The zero-order chi connectivity index (χ0) is 14.7. The van der Waals surface area contributed by atoms with Gasteiger partial charge in [-0.05, 0) is 35.5 Å². The van der Waals surface area contributed by atoms with E-state index in [1.54, 1.807) is 7.11 Å². The number of hydrogen-bond donors (Lipinski definition) is 0. The maximum absolute atomic E-state index is 12.0. The molecule has 2 heterocycles. The predicted octanol–water partition coefficient (Wildman–Crippen LogP) is 2.00. The molecule has 2 aliphatic rings. The highest BCUT2D eigenvalue weighted by Crippen LogP contribution is 2.30. The Morgan fingerprint density at radius 2 is 2.00 bits per heavy atom. The summed E-state index contributed by atoms with van der Waals surface area (Å²) in [7, 11) is 1.63. The molecule has 1 aromatic carbocycles. The Labute approximate surface area is 127 Å². The molecule has 5 nitrogen and oxygen atoms in total. The summed E-state index contributed by atoms with van der Waals surface area (Å²) in [5, 5.41) is 0.781. The highest BCUT2D eigenvalue weighted by Gasteiger charge is 2.26. The van der Waals surface area contributed by atoms with Gasteiger partial charge in [0, 0.05) is 13.1 Å². The molecule has 1 aromatic rings. The van der Waals surface area contributed by atoms with Gasteiger partial charge in [-0.2, -0.15) is 4.99 Å². The van der Waals surface area contributed by atoms with E-state index in [2.05, 4.69) is 9.89 Å². The molecule has 0 N–H and O–H groups in total. The van der Waals surface area contributed by atoms with Crippen molar-refractivity contribution in [3.63, 3.8) is 0 Å². The molecule has 1 amide bonds. The fraction of sp³-hybridized carbons (Fsp3) is 0.333. The second-order valence-electron chi connectivity index (χ2n) is 4.68. The van der Waals surface area contributed by atoms with Crippen molar-refractivity contribution in [2.75, 3.05) is 33.4 Å². The number of carbonyl (C=O) groups is 1. The smallest absolute Gasteiger partial charge is 0.286 e. The van der Waals surface area contributed by atoms with Gasteiger partial charge in [-0.3, -0.25) is 4.79 Å². The molecular formula is C15H16N2O3S. The zero-order valence-electron chi connectivity index (χ0n) is 11.7. The largest absolute Gasteiger partial charge is 0.497 e. The maximum Gasteiger partial charge on any atom is 0.286 e. The van der Waals surface area contributed by atoms with Gasteiger partial charge in [0.05, 0.1) is 25.2 Å². The van der Waals surface area contributed by atoms with Crippen LogP contribution in [0.3, 0.4) is 0 Å². The topological polar surface area (TPSA) is 51.1 Å². The lowest BCUT2D eigenvalue weighted by Crippen LogP contribution is -2.38. The highest BCUT2D eigenvalue weighted by molar-refractivity contribution is 8.18. The maximum atomic E-state index is 12.0. The second kappa shape index (κ2) is 6.32. The Kier molecular flexibility index (Phi) is 4.26. The molecule has 0 unspecified atom stereocenters. The Hall–Kier alpha value is -1.79. The average molecular weight is 304 g/mol. The fourth-order valence-corrected chi connectivity index (χ4v) is 3.10. The molecule has 0 saturated carbocycles. The van der Waals surface area contributed by atoms with Crippen LogP contribution in [0.4, 0.5) is 0 Å². The third-order valence-electron chi connectivity index (χ3n) is 3.30. The van der Waals surface area contributed by atoms with Gasteiger partial charge in [0.1, 0.15) is 5.75 Å². The molecule has 3 rings (SSSR count). The summed E-state index contributed by atoms with van der Waals surface area (Å²) in [6.07, 6.45) is 1.86. The van der Waals surface area contributed by atoms with Crippen LogP contribution in [0, 0.1) is 0 Å². The summed E-state index contributed by atoms with van der Waals surface area (Å²) in [5.41, 5.74) is 0.963. The lowest BCUT2D eigenvalue weighted by Gasteiger charge is -2.27. The van der Waals surface area contributed by atoms with E-state index in [0.717, 1.165) is 29.6 Å². The van der Waals surface area contributed by atoms with Gasteiger partial charge in [-0.25, -0.2) is 0 Å². The molecule has 0 radical (unpaired) electrons. The van der Waals surface area contributed by atoms with Crippen LogP contribution in [0.25, 0.3) is 6.08 Å². The number of aliphatic imine (C=N–C) groups is 1. The van der Waals surface area contributed by atoms with E-state index in [0.29, 0.717) is 18.1 Å². The number of ether oxygens (including phenoxy) is 2. The Balaban J connectivity index is 1.72. The van der Waals surface area contributed by atoms with Gasteiger partial charge in [-0.15, -0.1) is 0 Å². The fourth-order valence-electron chi connectivity index (χ4n) is 2.14. The average Bonchev–Trinajstić information content (AvgIpc) is 2.90. The van der Waals surface area contributed by atoms with E-state index < -0.39 is 0 Å². The summed E-state index contributed by atoms with van der Waals surface area (Å²) in [6, 6.07) is 7.60. The van der Waals surface area contributed by atoms with E-state index >= 15 is 0 Å². The van der Waals surface area contributed by atoms with E-state index in [9.17, 15) is 4.79 Å². The lowest BCUT2D eigenvalue weighted by atomic mass is 10.2. The predicted molar refractivity (Wildman–Crippen MR) is 83.4 cm³/mol. The van der Waals surface area contributed by atoms with Crippen LogP contribution < -0.4 is 4.74 Å². The lowest BCUT2D eigenvalue weighted by molar-refractivity contribution is -0.113. The van der Waals surface area contributed by atoms with Crippen molar-refractivity contribution >= 4 is 28.9 Å². The van der Waals surface area contributed by atoms with Crippen molar-refractivity contribution in [1.29, 1.82) is 0 Å². The molecule has 0 bridgehead atoms. The summed E-state index contributed by atoms with van der Waals surface area (Å²) in [6.45, 7) is 2.94. The van der Waals surface area contributed by atoms with Gasteiger partial charge in [0.15, 0.2) is 5.17 Å². The number of rotatable bonds is 2. The number of morpholine rings is 1. The Morgan fingerprint density at radius 3 is 2.67 bits per heavy atom. The molecule has 0 aliphatic carbocycles. The van der Waals surface area contributed by atoms with Crippen molar-refractivity contribution in [2.24, 2.45) is 4.99 Å². The first-order valence-corrected chi connectivity index (χ1v) is 7.57. The Morgan fingerprint density at radius 1 is 1.29 bits per heavy atom. The number of methoxy groups -OCH3 is 1. The molecule has 1 fully saturated rings. The number of nitrogens with zero attached hydrogens (tertiary/aromatic N) is 2. The van der Waals surface area contributed by atoms with Gasteiger partial charge >= 0.3 is 0 Å². The first kappa shape index (κ1) is 14.2. The van der Waals surface area contributed by atoms with Gasteiger partial charge in [0.2, 0.25) is 0 Å². The van der Waals surface area contributed by atoms with E-state index in [4.69, 9.17) is 9.47 Å². The minimum atomic E-state index is -0.169. The van der Waals surface area contributed by atoms with Crippen LogP contribution in [0.2, 0.25) is 0 Å². The van der Waals surface area contributed by atoms with Crippen LogP contribution in [0.5, 0.6) is 5.75 Å². The first-order chi connectivity index (χ1) is 10.3. The molecule has 0 aromatic heterocycles. The zero-order valence-corrected chi connectivity index (χ0v) is 12.6. The molecule has 110 valence electrons. The van der Waals surface area contributed by atoms with E-state index in [-0.39, 0.29) is 5.91 Å². The Bertz CT molecular complexity index is 589. The summed E-state index contributed by atoms with van der Waals surface area (Å²) < 4.78 is 10.4. The summed E-state index contributed by atoms with van der Waals surface area (Å²) >= 11 is 1.43. The second-order valence-corrected chi connectivity index (χ2v) is 5.69. The number of benzene rings is 1. The van der Waals surface area contributed by atoms with Crippen LogP contribution in [0.1, 0.15) is 5.56 Å². The molecule has 21 heavy (non-hydrogen) atoms. The number of amides is 1. The van der Waals surface area contributed by atoms with E-state index in [1.807, 2.05) is 30.3 Å². The van der Waals surface area contributed by atoms with Crippen LogP contribution in [0.15, 0.2) is 34.2 Å². The number of carbonyl (C=O) groups excluding carboxylic acids is 1. The van der Waals surface area contributed by atoms with Gasteiger partial charge in [-0.1, -0.05) is 12.1 Å². The van der Waals surface area contributed by atoms with Crippen molar-refractivity contribution in [3.8, 4) is 5.75 Å². The van der Waals surface area contributed by atoms with Crippen LogP contribution in [-0.2, 0) is 9.53 Å². The van der Waals surface area contributed by atoms with Crippen molar-refractivity contribution in [1.82, 2.24) is 4.90 Å². The third kappa shape index (κ3) is 3.28. The molecule has 6 heteroatoms. The third-order valence-corrected chi connectivity index (χ3v) is 4.35. The summed E-state index contributed by atoms with van der Waals surface area (Å²) in [4.78, 5) is 18.9. The number of amidine groups is 1. The SMILES string of the molecule is COc1ccc(/C=C2\SC(N3CCOCC3)=NC2=O)cc1. The molecule has 0 spiro atoms. The van der Waals surface area contributed by atoms with E-state index in [1.165, 1.54) is 11.8 Å². The highest BCUT2D eigenvalue weighted by atomic mass is 32.2. The van der Waals surface area contributed by atoms with Crippen molar-refractivity contribution in [2.45, 2.75) is 0 Å². The van der Waals surface area contributed by atoms with Gasteiger partial charge < -0.3 is 14.4 Å². The van der Waals surface area contributed by atoms with Crippen LogP contribution >= 0.6 is 11.8 Å². The molecule has 2 aliphatic heterocycles. The van der Waals surface area contributed by atoms with Crippen LogP contribution in [-0.4, -0.2) is 49.4 Å². The van der Waals surface area contributed by atoms with Crippen molar-refractivity contribution < 1.29 is 14.3 Å². The standard InChI is InChI=1S/C15H16N2O3S/c1-19-12-4-2-11(3-5-12)10-13-14(18)16-15(21-13)17-6-8-20-9-7-17/h2-5,10H,6-9H2,1H3/b13-10-. The van der Waals surface area contributed by atoms with Crippen molar-refractivity contribution in [3.05, 3.63) is 34.7 Å². The number of thioether (sulfide) groups is 1. The number of hydrogen-bond acceptors (Lipinski definition) is 5. The first-order valence-electron chi connectivity index (χ1n) is 6.75. The molecule has 0 atom stereocenters. The normalized spacial score (nSPS) is 20.8. The molecular weight excluding hydrogens is 288 g/mol. The summed E-state index contributed by atoms with van der Waals surface area (Å²) in [5.74, 6) is 0.630.